The first kappa shape index (κ1) is 29.1. The van der Waals surface area contributed by atoms with Gasteiger partial charge in [0.1, 0.15) is 5.92 Å². The number of benzene rings is 1. The Labute approximate surface area is 220 Å². The van der Waals surface area contributed by atoms with Crippen LogP contribution in [0.4, 0.5) is 0 Å². The highest BCUT2D eigenvalue weighted by atomic mass is 35.5. The zero-order valence-corrected chi connectivity index (χ0v) is 22.2. The molecule has 8 nitrogen and oxygen atoms in total. The fourth-order valence-corrected chi connectivity index (χ4v) is 6.40. The zero-order valence-electron chi connectivity index (χ0n) is 19.1. The summed E-state index contributed by atoms with van der Waals surface area (Å²) in [6, 6.07) is 10.8. The molecule has 1 aliphatic rings. The fraction of sp³-hybridized carbons (Fsp3) is 0.435. The van der Waals surface area contributed by atoms with E-state index in [4.69, 9.17) is 44.3 Å². The van der Waals surface area contributed by atoms with Crippen LogP contribution in [-0.4, -0.2) is 58.7 Å². The Balaban J connectivity index is 2.71. The van der Waals surface area contributed by atoms with Crippen molar-refractivity contribution in [2.24, 2.45) is 11.3 Å². The molecule has 0 N–H and O–H groups in total. The van der Waals surface area contributed by atoms with Crippen LogP contribution in [0.3, 0.4) is 0 Å². The van der Waals surface area contributed by atoms with Crippen molar-refractivity contribution < 1.29 is 22.7 Å². The Bertz CT molecular complexity index is 1180. The predicted molar refractivity (Wildman–Crippen MR) is 132 cm³/mol. The third-order valence-electron chi connectivity index (χ3n) is 5.34. The van der Waals surface area contributed by atoms with Crippen molar-refractivity contribution in [2.45, 2.75) is 18.7 Å². The van der Waals surface area contributed by atoms with E-state index in [2.05, 4.69) is 0 Å². The van der Waals surface area contributed by atoms with E-state index >= 15 is 0 Å². The molecular formula is C23H24Cl3N3O5S. The second-order valence-corrected chi connectivity index (χ2v) is 10.3. The summed E-state index contributed by atoms with van der Waals surface area (Å²) in [6.45, 7) is 4.69. The number of ether oxygens (including phenoxy) is 2. The van der Waals surface area contributed by atoms with Crippen molar-refractivity contribution in [3.8, 4) is 12.1 Å². The summed E-state index contributed by atoms with van der Waals surface area (Å²) in [6.07, 6.45) is 0. The molecule has 35 heavy (non-hydrogen) atoms. The SMILES string of the molecule is CCOCCN(CCOCC)C(=O)C1(C#N)C(Cl)=C(Cl)C(Cl)=C(S(=O)(=O)c2ccccc2)C1C#N. The van der Waals surface area contributed by atoms with E-state index in [0.717, 1.165) is 0 Å². The molecule has 1 aliphatic carbocycles. The molecule has 2 atom stereocenters. The van der Waals surface area contributed by atoms with Crippen molar-refractivity contribution in [1.82, 2.24) is 4.90 Å². The van der Waals surface area contributed by atoms with E-state index in [0.29, 0.717) is 13.2 Å². The highest BCUT2D eigenvalue weighted by molar-refractivity contribution is 7.95. The van der Waals surface area contributed by atoms with Gasteiger partial charge in [0.05, 0.1) is 50.2 Å². The molecule has 1 amide bonds. The summed E-state index contributed by atoms with van der Waals surface area (Å²) in [7, 11) is -4.43. The number of nitriles is 2. The van der Waals surface area contributed by atoms with Crippen LogP contribution in [0.25, 0.3) is 0 Å². The molecule has 0 spiro atoms. The largest absolute Gasteiger partial charge is 0.380 e. The lowest BCUT2D eigenvalue weighted by atomic mass is 9.72. The standard InChI is InChI=1S/C23H24Cl3N3O5S/c1-3-33-12-10-29(11-13-34-4-2)22(30)23(15-28)17(14-27)20(18(24)19(25)21(23)26)35(31,32)16-8-6-5-7-9-16/h5-9,17H,3-4,10-13H2,1-2H3. The average Bonchev–Trinajstić information content (AvgIpc) is 2.86. The predicted octanol–water partition coefficient (Wildman–Crippen LogP) is 4.16. The van der Waals surface area contributed by atoms with E-state index in [1.807, 2.05) is 0 Å². The molecule has 0 aromatic heterocycles. The molecule has 1 aromatic carbocycles. The molecule has 2 unspecified atom stereocenters. The number of carbonyl (C=O) groups excluding carboxylic acids is 1. The number of rotatable bonds is 11. The minimum Gasteiger partial charge on any atom is -0.380 e. The Morgan fingerprint density at radius 1 is 1.03 bits per heavy atom. The smallest absolute Gasteiger partial charge is 0.250 e. The van der Waals surface area contributed by atoms with Crippen LogP contribution in [0, 0.1) is 34.0 Å². The summed E-state index contributed by atoms with van der Waals surface area (Å²) < 4.78 is 37.8. The summed E-state index contributed by atoms with van der Waals surface area (Å²) in [4.78, 5) is 14.3. The van der Waals surface area contributed by atoms with Crippen molar-refractivity contribution in [1.29, 1.82) is 10.5 Å². The lowest BCUT2D eigenvalue weighted by Gasteiger charge is -2.38. The first-order valence-electron chi connectivity index (χ1n) is 10.7. The lowest BCUT2D eigenvalue weighted by Crippen LogP contribution is -2.51. The van der Waals surface area contributed by atoms with Gasteiger partial charge in [-0.3, -0.25) is 4.79 Å². The van der Waals surface area contributed by atoms with Gasteiger partial charge in [-0.1, -0.05) is 53.0 Å². The monoisotopic (exact) mass is 559 g/mol. The van der Waals surface area contributed by atoms with Crippen molar-refractivity contribution in [2.75, 3.05) is 39.5 Å². The van der Waals surface area contributed by atoms with E-state index in [-0.39, 0.29) is 31.2 Å². The Hall–Kier alpha value is -2.11. The number of sulfone groups is 1. The van der Waals surface area contributed by atoms with E-state index in [1.54, 1.807) is 32.1 Å². The molecule has 0 aliphatic heterocycles. The average molecular weight is 561 g/mol. The molecule has 1 aromatic rings. The van der Waals surface area contributed by atoms with Gasteiger partial charge in [0.15, 0.2) is 5.41 Å². The number of halogens is 3. The maximum atomic E-state index is 13.9. The highest BCUT2D eigenvalue weighted by Crippen LogP contribution is 2.54. The number of hydrogen-bond donors (Lipinski definition) is 0. The maximum absolute atomic E-state index is 13.9. The molecule has 0 saturated carbocycles. The Kier molecular flexibility index (Phi) is 10.6. The van der Waals surface area contributed by atoms with Gasteiger partial charge < -0.3 is 14.4 Å². The maximum Gasteiger partial charge on any atom is 0.250 e. The molecule has 0 saturated heterocycles. The Morgan fingerprint density at radius 2 is 1.57 bits per heavy atom. The topological polar surface area (TPSA) is 120 Å². The van der Waals surface area contributed by atoms with Crippen LogP contribution in [0.5, 0.6) is 0 Å². The molecule has 188 valence electrons. The van der Waals surface area contributed by atoms with Crippen LogP contribution in [0.2, 0.25) is 0 Å². The summed E-state index contributed by atoms with van der Waals surface area (Å²) in [5, 5.41) is 18.9. The zero-order chi connectivity index (χ0) is 26.2. The van der Waals surface area contributed by atoms with Gasteiger partial charge in [-0.15, -0.1) is 0 Å². The molecule has 0 bridgehead atoms. The van der Waals surface area contributed by atoms with E-state index in [1.165, 1.54) is 29.2 Å². The van der Waals surface area contributed by atoms with Gasteiger partial charge in [0.2, 0.25) is 9.84 Å². The first-order valence-corrected chi connectivity index (χ1v) is 13.3. The highest BCUT2D eigenvalue weighted by Gasteiger charge is 2.59. The van der Waals surface area contributed by atoms with E-state index < -0.39 is 47.1 Å². The first-order chi connectivity index (χ1) is 16.6. The number of nitrogens with zero attached hydrogens (tertiary/aromatic N) is 3. The number of hydrogen-bond acceptors (Lipinski definition) is 7. The third kappa shape index (κ3) is 5.67. The van der Waals surface area contributed by atoms with Crippen molar-refractivity contribution in [3.63, 3.8) is 0 Å². The molecule has 12 heteroatoms. The molecular weight excluding hydrogens is 537 g/mol. The number of amides is 1. The van der Waals surface area contributed by atoms with Gasteiger partial charge in [-0.2, -0.15) is 10.5 Å². The lowest BCUT2D eigenvalue weighted by molar-refractivity contribution is -0.139. The van der Waals surface area contributed by atoms with Crippen LogP contribution in [-0.2, 0) is 24.1 Å². The second kappa shape index (κ2) is 12.7. The molecule has 0 heterocycles. The summed E-state index contributed by atoms with van der Waals surface area (Å²) in [5.41, 5.74) is -2.46. The summed E-state index contributed by atoms with van der Waals surface area (Å²) >= 11 is 19.0. The van der Waals surface area contributed by atoms with E-state index in [9.17, 15) is 23.7 Å². The van der Waals surface area contributed by atoms with Crippen LogP contribution in [0.15, 0.2) is 55.2 Å². The Morgan fingerprint density at radius 3 is 2.03 bits per heavy atom. The molecule has 2 rings (SSSR count). The number of allylic oxidation sites excluding steroid dienone is 3. The number of carbonyl (C=O) groups is 1. The van der Waals surface area contributed by atoms with Gasteiger partial charge >= 0.3 is 0 Å². The fourth-order valence-electron chi connectivity index (χ4n) is 3.56. The van der Waals surface area contributed by atoms with Crippen LogP contribution >= 0.6 is 34.8 Å². The third-order valence-corrected chi connectivity index (χ3v) is 8.81. The summed E-state index contributed by atoms with van der Waals surface area (Å²) in [5.74, 6) is -2.77. The molecule has 0 fully saturated rings. The van der Waals surface area contributed by atoms with Gasteiger partial charge in [-0.05, 0) is 26.0 Å². The van der Waals surface area contributed by atoms with Crippen molar-refractivity contribution >= 4 is 50.5 Å². The van der Waals surface area contributed by atoms with Gasteiger partial charge in [0.25, 0.3) is 5.91 Å². The minimum absolute atomic E-state index is 0.0430. The quantitative estimate of drug-likeness (QED) is 0.373. The van der Waals surface area contributed by atoms with Crippen molar-refractivity contribution in [3.05, 3.63) is 50.3 Å². The normalized spacial score (nSPS) is 20.4. The van der Waals surface area contributed by atoms with Gasteiger partial charge in [-0.25, -0.2) is 8.42 Å². The minimum atomic E-state index is -4.43. The van der Waals surface area contributed by atoms with Crippen LogP contribution in [0.1, 0.15) is 13.8 Å². The second-order valence-electron chi connectivity index (χ2n) is 7.29. The molecule has 0 radical (unpaired) electrons. The van der Waals surface area contributed by atoms with Crippen LogP contribution < -0.4 is 0 Å². The van der Waals surface area contributed by atoms with Gasteiger partial charge in [0, 0.05) is 26.3 Å².